The first-order valence-electron chi connectivity index (χ1n) is 6.25. The molecule has 21 heavy (non-hydrogen) atoms. The molecule has 1 aliphatic heterocycles. The van der Waals surface area contributed by atoms with Gasteiger partial charge in [-0.3, -0.25) is 4.79 Å². The van der Waals surface area contributed by atoms with E-state index in [2.05, 4.69) is 0 Å². The number of fused-ring (bicyclic) bond motifs is 1. The van der Waals surface area contributed by atoms with Crippen LogP contribution in [0.4, 0.5) is 10.1 Å². The highest BCUT2D eigenvalue weighted by Gasteiger charge is 2.26. The zero-order valence-corrected chi connectivity index (χ0v) is 13.1. The zero-order valence-electron chi connectivity index (χ0n) is 10.8. The molecule has 0 spiro atoms. The van der Waals surface area contributed by atoms with Crippen LogP contribution >= 0.6 is 35.0 Å². The van der Waals surface area contributed by atoms with Crippen LogP contribution in [0.15, 0.2) is 41.3 Å². The van der Waals surface area contributed by atoms with Gasteiger partial charge in [-0.25, -0.2) is 4.39 Å². The Morgan fingerprint density at radius 1 is 1.14 bits per heavy atom. The number of hydrogen-bond acceptors (Lipinski definition) is 2. The average Bonchev–Trinajstić information content (AvgIpc) is 2.48. The number of rotatable bonds is 1. The molecule has 0 saturated carbocycles. The first-order valence-corrected chi connectivity index (χ1v) is 7.99. The van der Waals surface area contributed by atoms with Gasteiger partial charge in [-0.05, 0) is 36.4 Å². The number of thioether (sulfide) groups is 1. The average molecular weight is 342 g/mol. The van der Waals surface area contributed by atoms with Crippen LogP contribution in [0.2, 0.25) is 10.0 Å². The zero-order chi connectivity index (χ0) is 15.0. The predicted molar refractivity (Wildman–Crippen MR) is 85.3 cm³/mol. The lowest BCUT2D eigenvalue weighted by atomic mass is 10.1. The maximum absolute atomic E-state index is 13.9. The molecule has 1 heterocycles. The first kappa shape index (κ1) is 14.7. The number of halogens is 3. The molecule has 2 aromatic rings. The number of benzene rings is 2. The Hall–Kier alpha value is -1.23. The van der Waals surface area contributed by atoms with Gasteiger partial charge in [0.15, 0.2) is 0 Å². The van der Waals surface area contributed by atoms with Gasteiger partial charge in [-0.15, -0.1) is 11.8 Å². The molecule has 0 fully saturated rings. The highest BCUT2D eigenvalue weighted by molar-refractivity contribution is 7.99. The molecular weight excluding hydrogens is 332 g/mol. The van der Waals surface area contributed by atoms with E-state index in [0.717, 1.165) is 10.6 Å². The maximum atomic E-state index is 13.9. The number of anilines is 1. The minimum Gasteiger partial charge on any atom is -0.306 e. The molecule has 0 atom stereocenters. The molecule has 0 aliphatic carbocycles. The molecule has 108 valence electrons. The van der Waals surface area contributed by atoms with Crippen molar-refractivity contribution in [2.45, 2.75) is 4.90 Å². The fourth-order valence-electron chi connectivity index (χ4n) is 2.21. The third-order valence-electron chi connectivity index (χ3n) is 3.19. The summed E-state index contributed by atoms with van der Waals surface area (Å²) in [6.45, 7) is 0.503. The number of amides is 1. The van der Waals surface area contributed by atoms with Gasteiger partial charge >= 0.3 is 0 Å². The second-order valence-electron chi connectivity index (χ2n) is 4.54. The van der Waals surface area contributed by atoms with Crippen LogP contribution in [0.25, 0.3) is 0 Å². The molecule has 0 unspecified atom stereocenters. The van der Waals surface area contributed by atoms with E-state index in [1.807, 2.05) is 6.07 Å². The molecule has 2 aromatic carbocycles. The monoisotopic (exact) mass is 341 g/mol. The molecule has 2 nitrogen and oxygen atoms in total. The van der Waals surface area contributed by atoms with Crippen molar-refractivity contribution in [1.82, 2.24) is 0 Å². The molecule has 6 heteroatoms. The fourth-order valence-corrected chi connectivity index (χ4v) is 3.52. The van der Waals surface area contributed by atoms with E-state index in [9.17, 15) is 9.18 Å². The van der Waals surface area contributed by atoms with Crippen molar-refractivity contribution in [2.75, 3.05) is 17.2 Å². The summed E-state index contributed by atoms with van der Waals surface area (Å²) < 4.78 is 13.9. The largest absolute Gasteiger partial charge is 0.306 e. The fraction of sp³-hybridized carbons (Fsp3) is 0.133. The third-order valence-corrected chi connectivity index (χ3v) is 4.70. The lowest BCUT2D eigenvalue weighted by molar-refractivity contribution is 0.0984. The molecule has 0 saturated heterocycles. The molecule has 1 aliphatic rings. The van der Waals surface area contributed by atoms with Crippen molar-refractivity contribution in [3.63, 3.8) is 0 Å². The highest BCUT2D eigenvalue weighted by Crippen LogP contribution is 2.37. The van der Waals surface area contributed by atoms with Crippen molar-refractivity contribution in [2.24, 2.45) is 0 Å². The standard InChI is InChI=1S/C15H10Cl2FNOS/c16-9-1-3-12(18)11(7-9)15(20)19-5-6-21-14-4-2-10(17)8-13(14)19/h1-4,7-8H,5-6H2. The van der Waals surface area contributed by atoms with Crippen molar-refractivity contribution in [1.29, 1.82) is 0 Å². The lowest BCUT2D eigenvalue weighted by Gasteiger charge is -2.29. The van der Waals surface area contributed by atoms with Crippen molar-refractivity contribution in [3.05, 3.63) is 57.8 Å². The SMILES string of the molecule is O=C(c1cc(Cl)ccc1F)N1CCSc2ccc(Cl)cc21. The smallest absolute Gasteiger partial charge is 0.261 e. The Morgan fingerprint density at radius 2 is 1.86 bits per heavy atom. The van der Waals surface area contributed by atoms with E-state index < -0.39 is 11.7 Å². The lowest BCUT2D eigenvalue weighted by Crippen LogP contribution is -2.36. The number of carbonyl (C=O) groups excluding carboxylic acids is 1. The second-order valence-corrected chi connectivity index (χ2v) is 6.55. The van der Waals surface area contributed by atoms with E-state index >= 15 is 0 Å². The summed E-state index contributed by atoms with van der Waals surface area (Å²) in [5.41, 5.74) is 0.684. The summed E-state index contributed by atoms with van der Waals surface area (Å²) in [5.74, 6) is -0.229. The molecule has 0 bridgehead atoms. The van der Waals surface area contributed by atoms with Crippen LogP contribution in [0.3, 0.4) is 0 Å². The minimum atomic E-state index is -0.578. The molecule has 0 N–H and O–H groups in total. The Balaban J connectivity index is 2.04. The van der Waals surface area contributed by atoms with Gasteiger partial charge in [0.2, 0.25) is 0 Å². The van der Waals surface area contributed by atoms with E-state index in [0.29, 0.717) is 22.3 Å². The first-order chi connectivity index (χ1) is 10.1. The second kappa shape index (κ2) is 5.87. The van der Waals surface area contributed by atoms with Gasteiger partial charge < -0.3 is 4.90 Å². The molecule has 1 amide bonds. The summed E-state index contributed by atoms with van der Waals surface area (Å²) in [6, 6.07) is 9.35. The Labute approximate surface area is 135 Å². The van der Waals surface area contributed by atoms with E-state index in [-0.39, 0.29) is 5.56 Å². The van der Waals surface area contributed by atoms with E-state index in [1.54, 1.807) is 28.8 Å². The van der Waals surface area contributed by atoms with Gasteiger partial charge in [-0.2, -0.15) is 0 Å². The molecule has 3 rings (SSSR count). The van der Waals surface area contributed by atoms with Crippen LogP contribution in [-0.2, 0) is 0 Å². The summed E-state index contributed by atoms with van der Waals surface area (Å²) in [4.78, 5) is 15.1. The maximum Gasteiger partial charge on any atom is 0.261 e. The van der Waals surface area contributed by atoms with Crippen molar-refractivity contribution < 1.29 is 9.18 Å². The predicted octanol–water partition coefficient (Wildman–Crippen LogP) is 4.89. The van der Waals surface area contributed by atoms with E-state index in [4.69, 9.17) is 23.2 Å². The number of hydrogen-bond donors (Lipinski definition) is 0. The van der Waals surface area contributed by atoms with Gasteiger partial charge in [0.25, 0.3) is 5.91 Å². The van der Waals surface area contributed by atoms with Gasteiger partial charge in [0.05, 0.1) is 11.3 Å². The van der Waals surface area contributed by atoms with Crippen LogP contribution in [0.5, 0.6) is 0 Å². The van der Waals surface area contributed by atoms with Crippen LogP contribution in [0, 0.1) is 5.82 Å². The Morgan fingerprint density at radius 3 is 2.67 bits per heavy atom. The number of nitrogens with zero attached hydrogens (tertiary/aromatic N) is 1. The van der Waals surface area contributed by atoms with Crippen LogP contribution < -0.4 is 4.90 Å². The van der Waals surface area contributed by atoms with E-state index in [1.165, 1.54) is 18.2 Å². The quantitative estimate of drug-likeness (QED) is 0.736. The Bertz CT molecular complexity index is 723. The molecule has 0 aromatic heterocycles. The Kier molecular flexibility index (Phi) is 4.11. The summed E-state index contributed by atoms with van der Waals surface area (Å²) in [5, 5.41) is 0.873. The minimum absolute atomic E-state index is 0.0275. The topological polar surface area (TPSA) is 20.3 Å². The third kappa shape index (κ3) is 2.89. The van der Waals surface area contributed by atoms with Gasteiger partial charge in [0, 0.05) is 27.2 Å². The number of carbonyl (C=O) groups is 1. The van der Waals surface area contributed by atoms with Crippen LogP contribution in [-0.4, -0.2) is 18.2 Å². The summed E-state index contributed by atoms with van der Waals surface area (Å²) in [6.07, 6.45) is 0. The van der Waals surface area contributed by atoms with Crippen molar-refractivity contribution >= 4 is 46.6 Å². The van der Waals surface area contributed by atoms with Gasteiger partial charge in [0.1, 0.15) is 5.82 Å². The van der Waals surface area contributed by atoms with Crippen molar-refractivity contribution in [3.8, 4) is 0 Å². The highest BCUT2D eigenvalue weighted by atomic mass is 35.5. The molecule has 0 radical (unpaired) electrons. The normalized spacial score (nSPS) is 14.0. The molecular formula is C15H10Cl2FNOS. The summed E-state index contributed by atoms with van der Waals surface area (Å²) >= 11 is 13.5. The van der Waals surface area contributed by atoms with Gasteiger partial charge in [-0.1, -0.05) is 23.2 Å². The summed E-state index contributed by atoms with van der Waals surface area (Å²) in [7, 11) is 0. The van der Waals surface area contributed by atoms with Crippen LogP contribution in [0.1, 0.15) is 10.4 Å².